The van der Waals surface area contributed by atoms with Gasteiger partial charge in [0.2, 0.25) is 11.8 Å². The number of amides is 2. The zero-order valence-electron chi connectivity index (χ0n) is 25.6. The van der Waals surface area contributed by atoms with Crippen LogP contribution in [0.5, 0.6) is 5.75 Å². The number of fused-ring (bicyclic) bond motifs is 6. The fraction of sp³-hybridized carbons (Fsp3) is 0.270. The lowest BCUT2D eigenvalue weighted by molar-refractivity contribution is -0.123. The van der Waals surface area contributed by atoms with E-state index < -0.39 is 12.6 Å². The van der Waals surface area contributed by atoms with Gasteiger partial charge in [-0.25, -0.2) is 9.78 Å². The zero-order chi connectivity index (χ0) is 32.3. The van der Waals surface area contributed by atoms with Crippen LogP contribution in [0.15, 0.2) is 82.9 Å². The van der Waals surface area contributed by atoms with Gasteiger partial charge in [0.1, 0.15) is 5.75 Å². The Morgan fingerprint density at radius 1 is 1.00 bits per heavy atom. The number of aromatic nitrogens is 1. The summed E-state index contributed by atoms with van der Waals surface area (Å²) in [7, 11) is 1.52. The first-order valence-electron chi connectivity index (χ1n) is 15.3. The number of allylic oxidation sites excluding steroid dienone is 2. The van der Waals surface area contributed by atoms with Crippen LogP contribution in [0, 0.1) is 23.7 Å². The number of hydrogen-bond acceptors (Lipinski definition) is 7. The summed E-state index contributed by atoms with van der Waals surface area (Å²) in [4.78, 5) is 59.6. The van der Waals surface area contributed by atoms with Crippen molar-refractivity contribution in [3.8, 4) is 17.0 Å². The molecule has 2 amide bonds. The van der Waals surface area contributed by atoms with Gasteiger partial charge >= 0.3 is 5.97 Å². The lowest BCUT2D eigenvalue weighted by atomic mass is 9.82. The molecule has 0 spiro atoms. The van der Waals surface area contributed by atoms with Crippen molar-refractivity contribution >= 4 is 56.1 Å². The van der Waals surface area contributed by atoms with Gasteiger partial charge in [-0.05, 0) is 79.6 Å². The minimum atomic E-state index is -0.653. The van der Waals surface area contributed by atoms with Crippen molar-refractivity contribution in [1.29, 1.82) is 0 Å². The summed E-state index contributed by atoms with van der Waals surface area (Å²) in [6.45, 7) is 3.63. The van der Waals surface area contributed by atoms with Crippen LogP contribution in [0.1, 0.15) is 46.5 Å². The van der Waals surface area contributed by atoms with Crippen molar-refractivity contribution in [2.45, 2.75) is 26.7 Å². The number of benzene rings is 3. The number of carbonyl (C=O) groups excluding carboxylic acids is 4. The summed E-state index contributed by atoms with van der Waals surface area (Å²) >= 11 is 3.55. The molecule has 232 valence electrons. The number of pyridine rings is 1. The SMILES string of the molecule is CCc1cc(Br)cc2c(C(=O)OCC(=O)c3cccc(OC)c3)cc(-c3ccc(N4C(=O)C5C6C=C(C)C(C6)C5C4=O)cc3)nc12. The first-order chi connectivity index (χ1) is 22.2. The number of ether oxygens (including phenoxy) is 2. The number of Topliss-reactive ketones (excluding diaryl/α,β-unsaturated/α-hetero) is 1. The number of imide groups is 1. The molecule has 1 saturated heterocycles. The summed E-state index contributed by atoms with van der Waals surface area (Å²) < 4.78 is 11.5. The van der Waals surface area contributed by atoms with E-state index in [4.69, 9.17) is 14.5 Å². The lowest BCUT2D eigenvalue weighted by Gasteiger charge is -2.19. The van der Waals surface area contributed by atoms with Gasteiger partial charge in [-0.2, -0.15) is 0 Å². The summed E-state index contributed by atoms with van der Waals surface area (Å²) in [6.07, 6.45) is 3.72. The highest BCUT2D eigenvalue weighted by atomic mass is 79.9. The van der Waals surface area contributed by atoms with Crippen LogP contribution in [0.25, 0.3) is 22.2 Å². The van der Waals surface area contributed by atoms with E-state index in [0.717, 1.165) is 16.5 Å². The van der Waals surface area contributed by atoms with E-state index in [9.17, 15) is 19.2 Å². The van der Waals surface area contributed by atoms with Gasteiger partial charge in [0, 0.05) is 21.0 Å². The fourth-order valence-corrected chi connectivity index (χ4v) is 7.85. The first-order valence-corrected chi connectivity index (χ1v) is 16.1. The normalized spacial score (nSPS) is 21.5. The second-order valence-electron chi connectivity index (χ2n) is 12.1. The van der Waals surface area contributed by atoms with Crippen LogP contribution < -0.4 is 9.64 Å². The van der Waals surface area contributed by atoms with Crippen molar-refractivity contribution in [3.05, 3.63) is 99.5 Å². The summed E-state index contributed by atoms with van der Waals surface area (Å²) in [5, 5.41) is 0.601. The third kappa shape index (κ3) is 4.94. The van der Waals surface area contributed by atoms with Crippen molar-refractivity contribution < 1.29 is 28.7 Å². The van der Waals surface area contributed by atoms with Crippen LogP contribution in [0.4, 0.5) is 5.69 Å². The number of rotatable bonds is 8. The highest BCUT2D eigenvalue weighted by Crippen LogP contribution is 2.56. The predicted molar refractivity (Wildman–Crippen MR) is 177 cm³/mol. The largest absolute Gasteiger partial charge is 0.497 e. The molecule has 8 nitrogen and oxygen atoms in total. The van der Waals surface area contributed by atoms with Crippen LogP contribution in [0.3, 0.4) is 0 Å². The maximum absolute atomic E-state index is 13.6. The lowest BCUT2D eigenvalue weighted by Crippen LogP contribution is -2.32. The van der Waals surface area contributed by atoms with E-state index in [2.05, 4.69) is 28.9 Å². The van der Waals surface area contributed by atoms with Crippen LogP contribution in [-0.2, 0) is 20.7 Å². The number of methoxy groups -OCH3 is 1. The fourth-order valence-electron chi connectivity index (χ4n) is 7.35. The first kappa shape index (κ1) is 30.0. The molecule has 7 rings (SSSR count). The maximum atomic E-state index is 13.6. The number of esters is 1. The zero-order valence-corrected chi connectivity index (χ0v) is 27.2. The van der Waals surface area contributed by atoms with Gasteiger partial charge in [-0.1, -0.05) is 58.8 Å². The summed E-state index contributed by atoms with van der Waals surface area (Å²) in [5.41, 5.74) is 5.20. The van der Waals surface area contributed by atoms with Gasteiger partial charge in [0.15, 0.2) is 12.4 Å². The third-order valence-corrected chi connectivity index (χ3v) is 10.0. The number of aryl methyl sites for hydroxylation is 1. The molecule has 0 radical (unpaired) electrons. The second kappa shape index (κ2) is 11.6. The number of carbonyl (C=O) groups is 4. The highest BCUT2D eigenvalue weighted by molar-refractivity contribution is 9.10. The Hall–Kier alpha value is -4.63. The van der Waals surface area contributed by atoms with Gasteiger partial charge in [-0.3, -0.25) is 19.3 Å². The van der Waals surface area contributed by atoms with Gasteiger partial charge in [0.25, 0.3) is 0 Å². The molecular weight excluding hydrogens is 648 g/mol. The van der Waals surface area contributed by atoms with E-state index in [1.807, 2.05) is 31.2 Å². The van der Waals surface area contributed by atoms with Crippen molar-refractivity contribution in [2.24, 2.45) is 23.7 Å². The monoisotopic (exact) mass is 678 g/mol. The molecule has 46 heavy (non-hydrogen) atoms. The number of nitrogens with zero attached hydrogens (tertiary/aromatic N) is 2. The Morgan fingerprint density at radius 2 is 1.76 bits per heavy atom. The molecule has 2 heterocycles. The van der Waals surface area contributed by atoms with E-state index in [1.165, 1.54) is 17.6 Å². The van der Waals surface area contributed by atoms with E-state index in [1.54, 1.807) is 42.5 Å². The molecule has 9 heteroatoms. The minimum absolute atomic E-state index is 0.127. The van der Waals surface area contributed by atoms with Crippen LogP contribution in [-0.4, -0.2) is 42.3 Å². The summed E-state index contributed by atoms with van der Waals surface area (Å²) in [5.74, 6) is -1.01. The molecule has 2 aliphatic carbocycles. The highest BCUT2D eigenvalue weighted by Gasteiger charge is 2.60. The Bertz CT molecular complexity index is 1980. The number of halogens is 1. The standard InChI is InChI=1S/C37H31BrN2O6/c1-4-20-13-24(38)16-28-29(37(44)46-18-31(41)22-6-5-7-26(14-22)45-3)17-30(39-34(20)28)21-8-10-25(11-9-21)40-35(42)32-23-12-19(2)27(15-23)33(32)36(40)43/h5-14,16-17,23,27,32-33H,4,15,18H2,1-3H3. The van der Waals surface area contributed by atoms with Crippen LogP contribution in [0.2, 0.25) is 0 Å². The average molecular weight is 680 g/mol. The third-order valence-electron chi connectivity index (χ3n) is 9.59. The quantitative estimate of drug-likeness (QED) is 0.0858. The molecule has 4 atom stereocenters. The minimum Gasteiger partial charge on any atom is -0.497 e. The smallest absolute Gasteiger partial charge is 0.339 e. The second-order valence-corrected chi connectivity index (χ2v) is 13.0. The molecule has 2 bridgehead atoms. The predicted octanol–water partition coefficient (Wildman–Crippen LogP) is 6.98. The Kier molecular flexibility index (Phi) is 7.59. The van der Waals surface area contributed by atoms with Crippen molar-refractivity contribution in [3.63, 3.8) is 0 Å². The molecule has 3 aromatic carbocycles. The van der Waals surface area contributed by atoms with Crippen LogP contribution >= 0.6 is 15.9 Å². The number of hydrogen-bond donors (Lipinski definition) is 0. The molecule has 4 unspecified atom stereocenters. The van der Waals surface area contributed by atoms with E-state index in [-0.39, 0.29) is 46.8 Å². The Morgan fingerprint density at radius 3 is 2.50 bits per heavy atom. The molecule has 1 aromatic heterocycles. The molecule has 1 saturated carbocycles. The molecule has 0 N–H and O–H groups in total. The van der Waals surface area contributed by atoms with Gasteiger partial charge in [0.05, 0.1) is 41.4 Å². The molecule has 4 aromatic rings. The van der Waals surface area contributed by atoms with E-state index in [0.29, 0.717) is 45.6 Å². The molecule has 2 fully saturated rings. The molecule has 1 aliphatic heterocycles. The number of anilines is 1. The maximum Gasteiger partial charge on any atom is 0.339 e. The van der Waals surface area contributed by atoms with E-state index >= 15 is 0 Å². The van der Waals surface area contributed by atoms with Gasteiger partial charge < -0.3 is 9.47 Å². The Labute approximate surface area is 274 Å². The summed E-state index contributed by atoms with van der Waals surface area (Å²) in [6, 6.07) is 19.3. The van der Waals surface area contributed by atoms with Crippen molar-refractivity contribution in [1.82, 2.24) is 4.98 Å². The van der Waals surface area contributed by atoms with Crippen molar-refractivity contribution in [2.75, 3.05) is 18.6 Å². The molecular formula is C37H31BrN2O6. The Balaban J connectivity index is 1.19. The topological polar surface area (TPSA) is 103 Å². The van der Waals surface area contributed by atoms with Gasteiger partial charge in [-0.15, -0.1) is 0 Å². The average Bonchev–Trinajstić information content (AvgIpc) is 3.72. The number of ketones is 1. The molecule has 3 aliphatic rings.